The Morgan fingerprint density at radius 2 is 2.00 bits per heavy atom. The smallest absolute Gasteiger partial charge is 0.272 e. The summed E-state index contributed by atoms with van der Waals surface area (Å²) < 4.78 is 3.84. The molecular formula is C21H19N5O4S. The fourth-order valence-corrected chi connectivity index (χ4v) is 4.15. The molecule has 0 radical (unpaired) electrons. The highest BCUT2D eigenvalue weighted by molar-refractivity contribution is 7.03. The number of hydrogen-bond donors (Lipinski definition) is 1. The van der Waals surface area contributed by atoms with E-state index in [0.717, 1.165) is 11.3 Å². The highest BCUT2D eigenvalue weighted by atomic mass is 32.1. The van der Waals surface area contributed by atoms with E-state index >= 15 is 0 Å². The third-order valence-electron chi connectivity index (χ3n) is 5.26. The first-order valence-corrected chi connectivity index (χ1v) is 10.5. The summed E-state index contributed by atoms with van der Waals surface area (Å²) in [6, 6.07) is 10.9. The van der Waals surface area contributed by atoms with E-state index in [1.54, 1.807) is 19.1 Å². The normalized spacial score (nSPS) is 15.6. The molecule has 0 bridgehead atoms. The van der Waals surface area contributed by atoms with Crippen molar-refractivity contribution >= 4 is 34.7 Å². The van der Waals surface area contributed by atoms with Gasteiger partial charge in [0, 0.05) is 40.4 Å². The van der Waals surface area contributed by atoms with Gasteiger partial charge in [-0.2, -0.15) is 0 Å². The number of nitro benzene ring substituents is 1. The van der Waals surface area contributed by atoms with Gasteiger partial charge in [-0.15, -0.1) is 5.10 Å². The molecular weight excluding hydrogens is 418 g/mol. The van der Waals surface area contributed by atoms with E-state index in [0.29, 0.717) is 36.2 Å². The summed E-state index contributed by atoms with van der Waals surface area (Å²) in [6.45, 7) is 2.05. The minimum absolute atomic E-state index is 0.0378. The molecule has 2 aromatic carbocycles. The van der Waals surface area contributed by atoms with Crippen molar-refractivity contribution in [1.29, 1.82) is 0 Å². The molecule has 1 unspecified atom stereocenters. The molecule has 0 aliphatic carbocycles. The number of benzene rings is 2. The van der Waals surface area contributed by atoms with E-state index in [4.69, 9.17) is 0 Å². The van der Waals surface area contributed by atoms with Crippen LogP contribution >= 0.6 is 11.5 Å². The van der Waals surface area contributed by atoms with Crippen LogP contribution in [0.1, 0.15) is 28.8 Å². The van der Waals surface area contributed by atoms with E-state index in [9.17, 15) is 19.7 Å². The number of aromatic nitrogens is 2. The molecule has 0 saturated carbocycles. The van der Waals surface area contributed by atoms with Gasteiger partial charge in [-0.05, 0) is 55.6 Å². The zero-order chi connectivity index (χ0) is 22.0. The number of hydrogen-bond acceptors (Lipinski definition) is 7. The van der Waals surface area contributed by atoms with Crippen LogP contribution in [0.3, 0.4) is 0 Å². The van der Waals surface area contributed by atoms with Gasteiger partial charge in [0.25, 0.3) is 11.6 Å². The number of amides is 2. The summed E-state index contributed by atoms with van der Waals surface area (Å²) in [4.78, 5) is 37.9. The van der Waals surface area contributed by atoms with E-state index in [1.807, 2.05) is 17.5 Å². The minimum atomic E-state index is -0.592. The predicted octanol–water partition coefficient (Wildman–Crippen LogP) is 3.67. The zero-order valence-corrected chi connectivity index (χ0v) is 17.5. The van der Waals surface area contributed by atoms with Crippen LogP contribution in [0.2, 0.25) is 0 Å². The number of nitrogens with zero attached hydrogens (tertiary/aromatic N) is 4. The van der Waals surface area contributed by atoms with Gasteiger partial charge in [-0.1, -0.05) is 16.6 Å². The Kier molecular flexibility index (Phi) is 5.72. The van der Waals surface area contributed by atoms with E-state index in [-0.39, 0.29) is 17.5 Å². The molecule has 1 atom stereocenters. The SMILES string of the molecule is Cc1cc(C(=O)N2CCCC2C(=O)Nc2ccc(-c3csnn3)cc2)ccc1[N+](=O)[O-]. The van der Waals surface area contributed by atoms with E-state index < -0.39 is 11.0 Å². The van der Waals surface area contributed by atoms with Gasteiger partial charge in [0.15, 0.2) is 0 Å². The Morgan fingerprint density at radius 3 is 2.65 bits per heavy atom. The van der Waals surface area contributed by atoms with Gasteiger partial charge in [-0.25, -0.2) is 0 Å². The molecule has 1 fully saturated rings. The van der Waals surface area contributed by atoms with Crippen LogP contribution in [0.5, 0.6) is 0 Å². The highest BCUT2D eigenvalue weighted by Gasteiger charge is 2.35. The largest absolute Gasteiger partial charge is 0.327 e. The van der Waals surface area contributed by atoms with Crippen molar-refractivity contribution < 1.29 is 14.5 Å². The number of nitrogens with one attached hydrogen (secondary N) is 1. The maximum absolute atomic E-state index is 13.0. The Bertz CT molecular complexity index is 1130. The molecule has 1 saturated heterocycles. The quantitative estimate of drug-likeness (QED) is 0.481. The number of rotatable bonds is 5. The number of aryl methyl sites for hydroxylation is 1. The second-order valence-corrected chi connectivity index (χ2v) is 7.88. The zero-order valence-electron chi connectivity index (χ0n) is 16.6. The van der Waals surface area contributed by atoms with E-state index in [1.165, 1.54) is 34.6 Å². The third-order valence-corrected chi connectivity index (χ3v) is 5.77. The Hall–Kier alpha value is -3.66. The van der Waals surface area contributed by atoms with Gasteiger partial charge in [0.1, 0.15) is 11.7 Å². The Morgan fingerprint density at radius 1 is 1.23 bits per heavy atom. The fourth-order valence-electron chi connectivity index (χ4n) is 3.68. The topological polar surface area (TPSA) is 118 Å². The fraction of sp³-hybridized carbons (Fsp3) is 0.238. The predicted molar refractivity (Wildman–Crippen MR) is 116 cm³/mol. The average molecular weight is 437 g/mol. The molecule has 1 N–H and O–H groups in total. The lowest BCUT2D eigenvalue weighted by Gasteiger charge is -2.24. The van der Waals surface area contributed by atoms with Crippen LogP contribution in [-0.4, -0.2) is 43.8 Å². The lowest BCUT2D eigenvalue weighted by Crippen LogP contribution is -2.43. The Balaban J connectivity index is 1.46. The van der Waals surface area contributed by atoms with Gasteiger partial charge in [-0.3, -0.25) is 19.7 Å². The number of nitro groups is 1. The van der Waals surface area contributed by atoms with Crippen LogP contribution in [-0.2, 0) is 4.79 Å². The number of carbonyl (C=O) groups excluding carboxylic acids is 2. The van der Waals surface area contributed by atoms with Gasteiger partial charge in [0.2, 0.25) is 5.91 Å². The summed E-state index contributed by atoms with van der Waals surface area (Å²) in [5.41, 5.74) is 3.01. The van der Waals surface area contributed by atoms with Gasteiger partial charge < -0.3 is 10.2 Å². The number of carbonyl (C=O) groups is 2. The van der Waals surface area contributed by atoms with Crippen LogP contribution in [0.4, 0.5) is 11.4 Å². The monoisotopic (exact) mass is 437 g/mol. The number of likely N-dealkylation sites (tertiary alicyclic amines) is 1. The first-order chi connectivity index (χ1) is 14.9. The van der Waals surface area contributed by atoms with Crippen LogP contribution in [0, 0.1) is 17.0 Å². The first kappa shape index (κ1) is 20.6. The van der Waals surface area contributed by atoms with Crippen LogP contribution in [0.15, 0.2) is 47.8 Å². The summed E-state index contributed by atoms with van der Waals surface area (Å²) >= 11 is 1.27. The van der Waals surface area contributed by atoms with Crippen molar-refractivity contribution in [3.63, 3.8) is 0 Å². The van der Waals surface area contributed by atoms with Crippen molar-refractivity contribution in [2.24, 2.45) is 0 Å². The summed E-state index contributed by atoms with van der Waals surface area (Å²) in [6.07, 6.45) is 1.28. The molecule has 158 valence electrons. The molecule has 10 heteroatoms. The van der Waals surface area contributed by atoms with Crippen molar-refractivity contribution in [2.45, 2.75) is 25.8 Å². The van der Waals surface area contributed by atoms with Crippen molar-refractivity contribution in [1.82, 2.24) is 14.5 Å². The molecule has 2 heterocycles. The molecule has 1 aliphatic heterocycles. The third kappa shape index (κ3) is 4.29. The molecule has 3 aromatic rings. The molecule has 1 aliphatic rings. The van der Waals surface area contributed by atoms with Crippen LogP contribution in [0.25, 0.3) is 11.3 Å². The second-order valence-electron chi connectivity index (χ2n) is 7.27. The second kappa shape index (κ2) is 8.60. The summed E-state index contributed by atoms with van der Waals surface area (Å²) in [5, 5.41) is 19.7. The maximum atomic E-state index is 13.0. The average Bonchev–Trinajstić information content (AvgIpc) is 3.45. The standard InChI is InChI=1S/C21H19N5O4S/c1-13-11-15(6-9-18(13)26(29)30)21(28)25-10-2-3-19(25)20(27)22-16-7-4-14(5-8-16)17-12-31-24-23-17/h4-9,11-12,19H,2-3,10H2,1H3,(H,22,27). The molecule has 31 heavy (non-hydrogen) atoms. The van der Waals surface area contributed by atoms with Crippen molar-refractivity contribution in [2.75, 3.05) is 11.9 Å². The molecule has 1 aromatic heterocycles. The number of anilines is 1. The summed E-state index contributed by atoms with van der Waals surface area (Å²) in [7, 11) is 0. The van der Waals surface area contributed by atoms with Crippen molar-refractivity contribution in [3.8, 4) is 11.3 Å². The summed E-state index contributed by atoms with van der Waals surface area (Å²) in [5.74, 6) is -0.561. The highest BCUT2D eigenvalue weighted by Crippen LogP contribution is 2.25. The maximum Gasteiger partial charge on any atom is 0.272 e. The first-order valence-electron chi connectivity index (χ1n) is 9.68. The molecule has 9 nitrogen and oxygen atoms in total. The van der Waals surface area contributed by atoms with Crippen molar-refractivity contribution in [3.05, 3.63) is 69.1 Å². The van der Waals surface area contributed by atoms with Crippen LogP contribution < -0.4 is 5.32 Å². The van der Waals surface area contributed by atoms with E-state index in [2.05, 4.69) is 14.9 Å². The minimum Gasteiger partial charge on any atom is -0.327 e. The lowest BCUT2D eigenvalue weighted by molar-refractivity contribution is -0.385. The Labute approximate surface area is 182 Å². The van der Waals surface area contributed by atoms with Gasteiger partial charge >= 0.3 is 0 Å². The molecule has 0 spiro atoms. The lowest BCUT2D eigenvalue weighted by atomic mass is 10.1. The molecule has 2 amide bonds. The molecule has 4 rings (SSSR count). The van der Waals surface area contributed by atoms with Gasteiger partial charge in [0.05, 0.1) is 4.92 Å².